The van der Waals surface area contributed by atoms with Crippen LogP contribution in [-0.4, -0.2) is 32.5 Å². The Kier molecular flexibility index (Phi) is 7.95. The Morgan fingerprint density at radius 3 is 2.50 bits per heavy atom. The normalized spacial score (nSPS) is 10.2. The fourth-order valence-corrected chi connectivity index (χ4v) is 2.00. The highest BCUT2D eigenvalue weighted by atomic mass is 32.1. The molecule has 1 rings (SSSR count). The zero-order chi connectivity index (χ0) is 14.8. The lowest BCUT2D eigenvalue weighted by Crippen LogP contribution is -2.04. The van der Waals surface area contributed by atoms with Gasteiger partial charge < -0.3 is 14.2 Å². The van der Waals surface area contributed by atoms with Gasteiger partial charge in [0.25, 0.3) is 0 Å². The molecule has 5 heteroatoms. The third kappa shape index (κ3) is 5.33. The first-order valence-electron chi connectivity index (χ1n) is 6.73. The van der Waals surface area contributed by atoms with Gasteiger partial charge in [-0.1, -0.05) is 12.8 Å². The molecule has 0 atom stereocenters. The number of methoxy groups -OCH3 is 2. The topological polar surface area (TPSA) is 44.8 Å². The second-order valence-electron chi connectivity index (χ2n) is 4.34. The van der Waals surface area contributed by atoms with Gasteiger partial charge in [-0.25, -0.2) is 4.79 Å². The largest absolute Gasteiger partial charge is 0.493 e. The minimum atomic E-state index is -0.387. The van der Waals surface area contributed by atoms with Gasteiger partial charge in [-0.05, 0) is 36.8 Å². The van der Waals surface area contributed by atoms with Crippen molar-refractivity contribution in [1.29, 1.82) is 0 Å². The third-order valence-electron chi connectivity index (χ3n) is 2.89. The molecule has 0 amide bonds. The highest BCUT2D eigenvalue weighted by Crippen LogP contribution is 2.28. The summed E-state index contributed by atoms with van der Waals surface area (Å²) in [6, 6.07) is 5.03. The molecule has 0 saturated carbocycles. The van der Waals surface area contributed by atoms with Crippen molar-refractivity contribution in [3.05, 3.63) is 23.8 Å². The number of hydrogen-bond acceptors (Lipinski definition) is 5. The summed E-state index contributed by atoms with van der Waals surface area (Å²) in [6.45, 7) is 0.639. The molecule has 0 spiro atoms. The molecule has 112 valence electrons. The van der Waals surface area contributed by atoms with Gasteiger partial charge in [0.2, 0.25) is 0 Å². The number of benzene rings is 1. The molecule has 0 heterocycles. The standard InChI is InChI=1S/C15H22O4S/c1-17-14-11-12(15(16)18-2)7-8-13(14)19-9-5-3-4-6-10-20/h7-8,11,20H,3-6,9-10H2,1-2H3. The van der Waals surface area contributed by atoms with Crippen LogP contribution in [0.3, 0.4) is 0 Å². The Balaban J connectivity index is 2.51. The van der Waals surface area contributed by atoms with Gasteiger partial charge in [0.05, 0.1) is 26.4 Å². The fourth-order valence-electron chi connectivity index (χ4n) is 1.78. The van der Waals surface area contributed by atoms with Crippen LogP contribution in [0.25, 0.3) is 0 Å². The molecule has 0 aliphatic rings. The predicted octanol–water partition coefficient (Wildman–Crippen LogP) is 3.35. The lowest BCUT2D eigenvalue weighted by molar-refractivity contribution is 0.0600. The summed E-state index contributed by atoms with van der Waals surface area (Å²) in [7, 11) is 2.90. The summed E-state index contributed by atoms with van der Waals surface area (Å²) < 4.78 is 15.6. The molecule has 0 aliphatic carbocycles. The van der Waals surface area contributed by atoms with Crippen molar-refractivity contribution < 1.29 is 19.0 Å². The zero-order valence-corrected chi connectivity index (χ0v) is 12.9. The van der Waals surface area contributed by atoms with E-state index in [0.717, 1.165) is 25.0 Å². The van der Waals surface area contributed by atoms with Crippen LogP contribution in [0.1, 0.15) is 36.0 Å². The van der Waals surface area contributed by atoms with E-state index in [1.54, 1.807) is 25.3 Å². The van der Waals surface area contributed by atoms with Crippen LogP contribution in [0, 0.1) is 0 Å². The fraction of sp³-hybridized carbons (Fsp3) is 0.533. The molecular weight excluding hydrogens is 276 g/mol. The van der Waals surface area contributed by atoms with E-state index in [1.165, 1.54) is 13.5 Å². The van der Waals surface area contributed by atoms with Gasteiger partial charge in [-0.3, -0.25) is 0 Å². The number of rotatable bonds is 9. The van der Waals surface area contributed by atoms with Crippen molar-refractivity contribution in [3.8, 4) is 11.5 Å². The summed E-state index contributed by atoms with van der Waals surface area (Å²) in [5, 5.41) is 0. The van der Waals surface area contributed by atoms with E-state index in [-0.39, 0.29) is 5.97 Å². The van der Waals surface area contributed by atoms with Gasteiger partial charge in [0.15, 0.2) is 11.5 Å². The molecule has 1 aromatic carbocycles. The first kappa shape index (κ1) is 16.7. The van der Waals surface area contributed by atoms with Crippen molar-refractivity contribution in [1.82, 2.24) is 0 Å². The van der Waals surface area contributed by atoms with Crippen molar-refractivity contribution in [3.63, 3.8) is 0 Å². The van der Waals surface area contributed by atoms with Crippen LogP contribution in [0.15, 0.2) is 18.2 Å². The molecule has 1 aromatic rings. The quantitative estimate of drug-likeness (QED) is 0.431. The second kappa shape index (κ2) is 9.53. The Hall–Kier alpha value is -1.36. The monoisotopic (exact) mass is 298 g/mol. The Bertz CT molecular complexity index is 420. The Morgan fingerprint density at radius 1 is 1.10 bits per heavy atom. The molecule has 0 saturated heterocycles. The van der Waals surface area contributed by atoms with E-state index in [0.29, 0.717) is 23.7 Å². The van der Waals surface area contributed by atoms with Crippen molar-refractivity contribution in [2.45, 2.75) is 25.7 Å². The van der Waals surface area contributed by atoms with Crippen LogP contribution in [0.2, 0.25) is 0 Å². The van der Waals surface area contributed by atoms with Gasteiger partial charge in [-0.2, -0.15) is 12.6 Å². The number of unbranched alkanes of at least 4 members (excludes halogenated alkanes) is 3. The number of thiol groups is 1. The predicted molar refractivity (Wildman–Crippen MR) is 82.1 cm³/mol. The van der Waals surface area contributed by atoms with Crippen molar-refractivity contribution in [2.75, 3.05) is 26.6 Å². The lowest BCUT2D eigenvalue weighted by atomic mass is 10.2. The number of carbonyl (C=O) groups excluding carboxylic acids is 1. The molecule has 4 nitrogen and oxygen atoms in total. The highest BCUT2D eigenvalue weighted by molar-refractivity contribution is 7.80. The molecule has 0 unspecified atom stereocenters. The maximum Gasteiger partial charge on any atom is 0.337 e. The maximum atomic E-state index is 11.4. The van der Waals surface area contributed by atoms with Crippen LogP contribution >= 0.6 is 12.6 Å². The maximum absolute atomic E-state index is 11.4. The first-order valence-corrected chi connectivity index (χ1v) is 7.36. The molecular formula is C15H22O4S. The molecule has 0 fully saturated rings. The molecule has 0 bridgehead atoms. The lowest BCUT2D eigenvalue weighted by Gasteiger charge is -2.11. The smallest absolute Gasteiger partial charge is 0.337 e. The third-order valence-corrected chi connectivity index (χ3v) is 3.21. The van der Waals surface area contributed by atoms with Crippen LogP contribution in [0.5, 0.6) is 11.5 Å². The molecule has 0 aromatic heterocycles. The SMILES string of the molecule is COC(=O)c1ccc(OCCCCCCS)c(OC)c1. The highest BCUT2D eigenvalue weighted by Gasteiger charge is 2.11. The van der Waals surface area contributed by atoms with E-state index in [1.807, 2.05) is 0 Å². The minimum absolute atomic E-state index is 0.387. The number of esters is 1. The Morgan fingerprint density at radius 2 is 1.85 bits per heavy atom. The van der Waals surface area contributed by atoms with E-state index in [9.17, 15) is 4.79 Å². The van der Waals surface area contributed by atoms with Crippen LogP contribution in [-0.2, 0) is 4.74 Å². The van der Waals surface area contributed by atoms with Gasteiger partial charge in [-0.15, -0.1) is 0 Å². The number of ether oxygens (including phenoxy) is 3. The summed E-state index contributed by atoms with van der Waals surface area (Å²) in [5.41, 5.74) is 0.450. The summed E-state index contributed by atoms with van der Waals surface area (Å²) in [6.07, 6.45) is 4.43. The van der Waals surface area contributed by atoms with Gasteiger partial charge >= 0.3 is 5.97 Å². The van der Waals surface area contributed by atoms with Gasteiger partial charge in [0.1, 0.15) is 0 Å². The molecule has 20 heavy (non-hydrogen) atoms. The van der Waals surface area contributed by atoms with Crippen molar-refractivity contribution >= 4 is 18.6 Å². The average Bonchev–Trinajstić information content (AvgIpc) is 2.50. The molecule has 0 radical (unpaired) electrons. The number of carbonyl (C=O) groups is 1. The van der Waals surface area contributed by atoms with E-state index < -0.39 is 0 Å². The zero-order valence-electron chi connectivity index (χ0n) is 12.1. The van der Waals surface area contributed by atoms with Crippen LogP contribution < -0.4 is 9.47 Å². The summed E-state index contributed by atoms with van der Waals surface area (Å²) in [5.74, 6) is 1.74. The second-order valence-corrected chi connectivity index (χ2v) is 4.79. The van der Waals surface area contributed by atoms with E-state index in [2.05, 4.69) is 17.4 Å². The Labute approximate surface area is 125 Å². The summed E-state index contributed by atoms with van der Waals surface area (Å²) >= 11 is 4.18. The van der Waals surface area contributed by atoms with Gasteiger partial charge in [0, 0.05) is 0 Å². The molecule has 0 aliphatic heterocycles. The van der Waals surface area contributed by atoms with Crippen molar-refractivity contribution in [2.24, 2.45) is 0 Å². The number of hydrogen-bond donors (Lipinski definition) is 1. The molecule has 0 N–H and O–H groups in total. The van der Waals surface area contributed by atoms with Crippen LogP contribution in [0.4, 0.5) is 0 Å². The van der Waals surface area contributed by atoms with E-state index >= 15 is 0 Å². The first-order chi connectivity index (χ1) is 9.72. The average molecular weight is 298 g/mol. The van der Waals surface area contributed by atoms with E-state index in [4.69, 9.17) is 9.47 Å². The summed E-state index contributed by atoms with van der Waals surface area (Å²) in [4.78, 5) is 11.4. The minimum Gasteiger partial charge on any atom is -0.493 e.